The van der Waals surface area contributed by atoms with Crippen LogP contribution >= 0.6 is 0 Å². The predicted molar refractivity (Wildman–Crippen MR) is 65.3 cm³/mol. The molecule has 0 saturated heterocycles. The summed E-state index contributed by atoms with van der Waals surface area (Å²) < 4.78 is 0. The summed E-state index contributed by atoms with van der Waals surface area (Å²) >= 11 is 0. The van der Waals surface area contributed by atoms with Crippen LogP contribution in [0.4, 0.5) is 0 Å². The minimum atomic E-state index is -0.557. The molecule has 0 spiro atoms. The van der Waals surface area contributed by atoms with Gasteiger partial charge < -0.3 is 16.2 Å². The van der Waals surface area contributed by atoms with Gasteiger partial charge in [0.05, 0.1) is 12.1 Å². The largest absolute Gasteiger partial charge is 0.388 e. The molecule has 0 amide bonds. The van der Waals surface area contributed by atoms with Crippen LogP contribution in [0.2, 0.25) is 0 Å². The lowest BCUT2D eigenvalue weighted by molar-refractivity contribution is -0.0236. The number of aliphatic imine (C=N–C) groups is 1. The maximum absolute atomic E-state index is 9.87. The second-order valence-electron chi connectivity index (χ2n) is 5.26. The van der Waals surface area contributed by atoms with Gasteiger partial charge in [0.15, 0.2) is 5.96 Å². The molecule has 4 heteroatoms. The summed E-state index contributed by atoms with van der Waals surface area (Å²) in [5.41, 5.74) is 5.26. The van der Waals surface area contributed by atoms with Crippen LogP contribution in [0.5, 0.6) is 0 Å². The number of hydrogen-bond acceptors (Lipinski definition) is 2. The Morgan fingerprint density at radius 3 is 2.50 bits per heavy atom. The van der Waals surface area contributed by atoms with Crippen molar-refractivity contribution in [1.82, 2.24) is 5.32 Å². The van der Waals surface area contributed by atoms with Crippen LogP contribution in [-0.4, -0.2) is 29.3 Å². The molecule has 0 radical (unpaired) electrons. The molecular formula is C12H23N3O. The zero-order chi connectivity index (χ0) is 11.4. The quantitative estimate of drug-likeness (QED) is 0.498. The third-order valence-corrected chi connectivity index (χ3v) is 3.79. The van der Waals surface area contributed by atoms with E-state index in [1.165, 1.54) is 32.1 Å². The van der Waals surface area contributed by atoms with Crippen molar-refractivity contribution in [2.24, 2.45) is 10.7 Å². The molecule has 2 aliphatic rings. The Hall–Kier alpha value is -0.770. The highest BCUT2D eigenvalue weighted by Crippen LogP contribution is 2.31. The van der Waals surface area contributed by atoms with E-state index < -0.39 is 5.60 Å². The summed E-state index contributed by atoms with van der Waals surface area (Å²) in [5, 5.41) is 13.1. The number of aliphatic hydroxyl groups is 1. The predicted octanol–water partition coefficient (Wildman–Crippen LogP) is 1.14. The van der Waals surface area contributed by atoms with Gasteiger partial charge in [0.2, 0.25) is 0 Å². The first kappa shape index (κ1) is 11.7. The highest BCUT2D eigenvalue weighted by Gasteiger charge is 2.34. The molecule has 2 saturated carbocycles. The molecule has 16 heavy (non-hydrogen) atoms. The van der Waals surface area contributed by atoms with Crippen molar-refractivity contribution in [3.63, 3.8) is 0 Å². The molecule has 2 rings (SSSR count). The number of nitrogens with zero attached hydrogens (tertiary/aromatic N) is 1. The van der Waals surface area contributed by atoms with Gasteiger partial charge in [0.25, 0.3) is 0 Å². The van der Waals surface area contributed by atoms with Crippen molar-refractivity contribution in [1.29, 1.82) is 0 Å². The smallest absolute Gasteiger partial charge is 0.188 e. The Labute approximate surface area is 97.3 Å². The molecule has 0 aromatic rings. The van der Waals surface area contributed by atoms with Crippen LogP contribution in [0.15, 0.2) is 4.99 Å². The third-order valence-electron chi connectivity index (χ3n) is 3.79. The van der Waals surface area contributed by atoms with Gasteiger partial charge in [-0.05, 0) is 32.1 Å². The van der Waals surface area contributed by atoms with Gasteiger partial charge in [0.1, 0.15) is 0 Å². The van der Waals surface area contributed by atoms with E-state index >= 15 is 0 Å². The summed E-state index contributed by atoms with van der Waals surface area (Å²) in [4.78, 5) is 4.25. The van der Waals surface area contributed by atoms with Crippen molar-refractivity contribution in [2.75, 3.05) is 6.54 Å². The van der Waals surface area contributed by atoms with E-state index in [0.29, 0.717) is 18.5 Å². The van der Waals surface area contributed by atoms with Gasteiger partial charge in [0, 0.05) is 6.04 Å². The normalized spacial score (nSPS) is 26.2. The van der Waals surface area contributed by atoms with Crippen molar-refractivity contribution in [3.05, 3.63) is 0 Å². The van der Waals surface area contributed by atoms with Gasteiger partial charge in [-0.1, -0.05) is 19.3 Å². The van der Waals surface area contributed by atoms with E-state index in [1.807, 2.05) is 0 Å². The van der Waals surface area contributed by atoms with Crippen molar-refractivity contribution in [2.45, 2.75) is 63.0 Å². The number of guanidine groups is 1. The Bertz CT molecular complexity index is 255. The fourth-order valence-electron chi connectivity index (χ4n) is 2.48. The average Bonchev–Trinajstić information content (AvgIpc) is 2.25. The summed E-state index contributed by atoms with van der Waals surface area (Å²) in [6, 6.07) is 0.494. The third kappa shape index (κ3) is 3.11. The SMILES string of the molecule is NC(=NCC1(O)CCC1)NC1CCCCC1. The zero-order valence-corrected chi connectivity index (χ0v) is 9.91. The van der Waals surface area contributed by atoms with Crippen LogP contribution in [0.25, 0.3) is 0 Å². The van der Waals surface area contributed by atoms with Gasteiger partial charge in [-0.25, -0.2) is 0 Å². The van der Waals surface area contributed by atoms with E-state index in [0.717, 1.165) is 19.3 Å². The standard InChI is InChI=1S/C12H23N3O/c13-11(14-9-12(16)7-4-8-12)15-10-5-2-1-3-6-10/h10,16H,1-9H2,(H3,13,14,15). The first-order valence-electron chi connectivity index (χ1n) is 6.47. The lowest BCUT2D eigenvalue weighted by atomic mass is 9.80. The molecule has 4 N–H and O–H groups in total. The first-order chi connectivity index (χ1) is 7.68. The molecule has 4 nitrogen and oxygen atoms in total. The Balaban J connectivity index is 1.73. The fourth-order valence-corrected chi connectivity index (χ4v) is 2.48. The highest BCUT2D eigenvalue weighted by molar-refractivity contribution is 5.78. The minimum Gasteiger partial charge on any atom is -0.388 e. The molecule has 2 fully saturated rings. The molecule has 0 heterocycles. The maximum atomic E-state index is 9.87. The van der Waals surface area contributed by atoms with Gasteiger partial charge in [-0.15, -0.1) is 0 Å². The minimum absolute atomic E-state index is 0.457. The lowest BCUT2D eigenvalue weighted by Gasteiger charge is -2.35. The van der Waals surface area contributed by atoms with Crippen LogP contribution < -0.4 is 11.1 Å². The Morgan fingerprint density at radius 2 is 1.94 bits per heavy atom. The van der Waals surface area contributed by atoms with E-state index in [-0.39, 0.29) is 0 Å². The van der Waals surface area contributed by atoms with E-state index in [1.54, 1.807) is 0 Å². The van der Waals surface area contributed by atoms with E-state index in [4.69, 9.17) is 5.73 Å². The summed E-state index contributed by atoms with van der Waals surface area (Å²) in [5.74, 6) is 0.507. The van der Waals surface area contributed by atoms with Crippen LogP contribution in [-0.2, 0) is 0 Å². The molecule has 0 bridgehead atoms. The van der Waals surface area contributed by atoms with Crippen LogP contribution in [0, 0.1) is 0 Å². The lowest BCUT2D eigenvalue weighted by Crippen LogP contribution is -2.44. The van der Waals surface area contributed by atoms with Crippen molar-refractivity contribution >= 4 is 5.96 Å². The Morgan fingerprint density at radius 1 is 1.25 bits per heavy atom. The summed E-state index contributed by atoms with van der Waals surface area (Å²) in [6.07, 6.45) is 9.15. The average molecular weight is 225 g/mol. The Kier molecular flexibility index (Phi) is 3.69. The van der Waals surface area contributed by atoms with Gasteiger partial charge >= 0.3 is 0 Å². The van der Waals surface area contributed by atoms with Crippen LogP contribution in [0.3, 0.4) is 0 Å². The molecule has 0 aliphatic heterocycles. The summed E-state index contributed by atoms with van der Waals surface area (Å²) in [6.45, 7) is 0.457. The fraction of sp³-hybridized carbons (Fsp3) is 0.917. The first-order valence-corrected chi connectivity index (χ1v) is 6.47. The summed E-state index contributed by atoms with van der Waals surface area (Å²) in [7, 11) is 0. The molecule has 92 valence electrons. The number of nitrogens with two attached hydrogens (primary N) is 1. The molecule has 0 aromatic carbocycles. The maximum Gasteiger partial charge on any atom is 0.188 e. The number of rotatable bonds is 3. The van der Waals surface area contributed by atoms with Crippen molar-refractivity contribution < 1.29 is 5.11 Å². The number of hydrogen-bond donors (Lipinski definition) is 3. The van der Waals surface area contributed by atoms with Crippen molar-refractivity contribution in [3.8, 4) is 0 Å². The molecular weight excluding hydrogens is 202 g/mol. The van der Waals surface area contributed by atoms with E-state index in [2.05, 4.69) is 10.3 Å². The molecule has 2 aliphatic carbocycles. The monoisotopic (exact) mass is 225 g/mol. The molecule has 0 aromatic heterocycles. The van der Waals surface area contributed by atoms with Gasteiger partial charge in [-0.2, -0.15) is 0 Å². The van der Waals surface area contributed by atoms with Crippen LogP contribution in [0.1, 0.15) is 51.4 Å². The van der Waals surface area contributed by atoms with Gasteiger partial charge in [-0.3, -0.25) is 4.99 Å². The van der Waals surface area contributed by atoms with E-state index in [9.17, 15) is 5.11 Å². The topological polar surface area (TPSA) is 70.6 Å². The number of nitrogens with one attached hydrogen (secondary N) is 1. The molecule has 0 unspecified atom stereocenters. The highest BCUT2D eigenvalue weighted by atomic mass is 16.3. The molecule has 0 atom stereocenters. The second kappa shape index (κ2) is 5.04. The zero-order valence-electron chi connectivity index (χ0n) is 9.91. The second-order valence-corrected chi connectivity index (χ2v) is 5.26.